The molecule has 1 aromatic heterocycles. The summed E-state index contributed by atoms with van der Waals surface area (Å²) < 4.78 is 0. The van der Waals surface area contributed by atoms with Crippen molar-refractivity contribution >= 4 is 34.1 Å². The number of hydrogen-bond donors (Lipinski definition) is 3. The van der Waals surface area contributed by atoms with Crippen LogP contribution in [0.1, 0.15) is 24.0 Å². The largest absolute Gasteiger partial charge is 0.361 e. The van der Waals surface area contributed by atoms with E-state index in [2.05, 4.69) is 46.1 Å². The predicted octanol–water partition coefficient (Wildman–Crippen LogP) is 4.26. The molecule has 0 unspecified atom stereocenters. The second-order valence-corrected chi connectivity index (χ2v) is 8.37. The van der Waals surface area contributed by atoms with Crippen LogP contribution >= 0.6 is 0 Å². The van der Waals surface area contributed by atoms with Gasteiger partial charge in [-0.05, 0) is 36.2 Å². The highest BCUT2D eigenvalue weighted by molar-refractivity contribution is 6.11. The highest BCUT2D eigenvalue weighted by Crippen LogP contribution is 2.31. The number of benzene rings is 3. The molecule has 1 aliphatic heterocycles. The number of anilines is 2. The van der Waals surface area contributed by atoms with Crippen LogP contribution < -0.4 is 15.5 Å². The maximum Gasteiger partial charge on any atom is 0.244 e. The summed E-state index contributed by atoms with van der Waals surface area (Å²) in [6.07, 6.45) is 2.06. The van der Waals surface area contributed by atoms with E-state index in [1.54, 1.807) is 4.90 Å². The van der Waals surface area contributed by atoms with Gasteiger partial charge in [0.2, 0.25) is 11.8 Å². The van der Waals surface area contributed by atoms with Crippen molar-refractivity contribution in [3.8, 4) is 0 Å². The first-order valence-electron chi connectivity index (χ1n) is 11.2. The smallest absolute Gasteiger partial charge is 0.244 e. The maximum absolute atomic E-state index is 13.3. The molecule has 3 aromatic carbocycles. The molecule has 33 heavy (non-hydrogen) atoms. The van der Waals surface area contributed by atoms with Gasteiger partial charge in [0.15, 0.2) is 0 Å². The third-order valence-electron chi connectivity index (χ3n) is 6.23. The fourth-order valence-electron chi connectivity index (χ4n) is 4.52. The summed E-state index contributed by atoms with van der Waals surface area (Å²) in [4.78, 5) is 30.4. The van der Waals surface area contributed by atoms with E-state index in [-0.39, 0.29) is 24.3 Å². The van der Waals surface area contributed by atoms with Gasteiger partial charge in [0, 0.05) is 29.6 Å². The van der Waals surface area contributed by atoms with Gasteiger partial charge in [-0.15, -0.1) is 0 Å². The summed E-state index contributed by atoms with van der Waals surface area (Å²) in [6, 6.07) is 25.5. The first kappa shape index (κ1) is 21.0. The van der Waals surface area contributed by atoms with Crippen LogP contribution in [0.25, 0.3) is 10.9 Å². The van der Waals surface area contributed by atoms with Crippen LogP contribution in [-0.4, -0.2) is 35.9 Å². The van der Waals surface area contributed by atoms with Crippen molar-refractivity contribution < 1.29 is 9.59 Å². The van der Waals surface area contributed by atoms with E-state index in [0.717, 1.165) is 11.2 Å². The summed E-state index contributed by atoms with van der Waals surface area (Å²) >= 11 is 0. The second-order valence-electron chi connectivity index (χ2n) is 8.37. The first-order chi connectivity index (χ1) is 16.1. The number of nitrogens with one attached hydrogen (secondary N) is 3. The number of aromatic nitrogens is 1. The Balaban J connectivity index is 1.39. The normalized spacial score (nSPS) is 15.1. The number of H-pyrrole nitrogens is 1. The molecule has 2 amide bonds. The van der Waals surface area contributed by atoms with Crippen molar-refractivity contribution in [1.29, 1.82) is 0 Å². The van der Waals surface area contributed by atoms with E-state index >= 15 is 0 Å². The minimum absolute atomic E-state index is 0.0203. The molecule has 6 nitrogen and oxygen atoms in total. The lowest BCUT2D eigenvalue weighted by Crippen LogP contribution is -2.50. The van der Waals surface area contributed by atoms with Crippen molar-refractivity contribution in [2.75, 3.05) is 23.3 Å². The van der Waals surface area contributed by atoms with E-state index in [1.165, 1.54) is 16.5 Å². The summed E-state index contributed by atoms with van der Waals surface area (Å²) in [5, 5.41) is 7.45. The van der Waals surface area contributed by atoms with Crippen LogP contribution in [0.5, 0.6) is 0 Å². The zero-order valence-electron chi connectivity index (χ0n) is 18.4. The molecule has 3 N–H and O–H groups in total. The molecule has 0 aliphatic carbocycles. The number of nitrogens with zero attached hydrogens (tertiary/aromatic N) is 1. The molecule has 0 saturated heterocycles. The number of carbonyl (C=O) groups is 2. The molecule has 1 aliphatic rings. The second kappa shape index (κ2) is 8.92. The minimum atomic E-state index is -0.458. The van der Waals surface area contributed by atoms with Gasteiger partial charge in [0.05, 0.1) is 17.4 Å². The number of amides is 2. The number of carbonyl (C=O) groups excluding carboxylic acids is 2. The number of aromatic amines is 1. The minimum Gasteiger partial charge on any atom is -0.361 e. The molecule has 0 saturated carbocycles. The summed E-state index contributed by atoms with van der Waals surface area (Å²) in [5.74, 6) is -0.243. The number of fused-ring (bicyclic) bond motifs is 2. The van der Waals surface area contributed by atoms with Crippen molar-refractivity contribution in [2.45, 2.75) is 18.9 Å². The molecule has 4 aromatic rings. The van der Waals surface area contributed by atoms with Crippen LogP contribution in [0.15, 0.2) is 85.1 Å². The number of rotatable bonds is 6. The Morgan fingerprint density at radius 1 is 1.00 bits per heavy atom. The highest BCUT2D eigenvalue weighted by atomic mass is 16.2. The Morgan fingerprint density at radius 3 is 2.58 bits per heavy atom. The standard InChI is InChI=1S/C27H26N4O2/c1-18(27(33)31-17-26(32)30-24-13-7-8-14-25(24)31)28-15-21(19-9-3-2-4-10-19)22-16-29-23-12-6-5-11-20(22)23/h2-14,16,18,21,28-29H,15,17H2,1H3,(H,30,32)/t18-,21+/m0/s1. The van der Waals surface area contributed by atoms with Gasteiger partial charge in [-0.1, -0.05) is 60.7 Å². The summed E-state index contributed by atoms with van der Waals surface area (Å²) in [6.45, 7) is 2.46. The molecule has 0 bridgehead atoms. The molecule has 2 heterocycles. The predicted molar refractivity (Wildman–Crippen MR) is 131 cm³/mol. The Bertz CT molecular complexity index is 1300. The average molecular weight is 439 g/mol. The fraction of sp³-hybridized carbons (Fsp3) is 0.185. The number of hydrogen-bond acceptors (Lipinski definition) is 3. The Hall–Kier alpha value is -3.90. The quantitative estimate of drug-likeness (QED) is 0.421. The van der Waals surface area contributed by atoms with E-state index in [0.29, 0.717) is 12.2 Å². The van der Waals surface area contributed by atoms with Crippen molar-refractivity contribution in [1.82, 2.24) is 10.3 Å². The zero-order chi connectivity index (χ0) is 22.8. The van der Waals surface area contributed by atoms with Gasteiger partial charge in [-0.3, -0.25) is 14.5 Å². The van der Waals surface area contributed by atoms with Crippen molar-refractivity contribution in [2.24, 2.45) is 0 Å². The molecule has 0 spiro atoms. The van der Waals surface area contributed by atoms with Gasteiger partial charge in [0.1, 0.15) is 6.54 Å². The Morgan fingerprint density at radius 2 is 1.73 bits per heavy atom. The lowest BCUT2D eigenvalue weighted by Gasteiger charge is -2.31. The first-order valence-corrected chi connectivity index (χ1v) is 11.2. The Kier molecular flexibility index (Phi) is 5.67. The molecule has 0 radical (unpaired) electrons. The lowest BCUT2D eigenvalue weighted by atomic mass is 9.90. The molecular formula is C27H26N4O2. The van der Waals surface area contributed by atoms with Crippen LogP contribution in [0.2, 0.25) is 0 Å². The van der Waals surface area contributed by atoms with Crippen LogP contribution in [0.3, 0.4) is 0 Å². The highest BCUT2D eigenvalue weighted by Gasteiger charge is 2.30. The third-order valence-corrected chi connectivity index (χ3v) is 6.23. The fourth-order valence-corrected chi connectivity index (χ4v) is 4.52. The van der Waals surface area contributed by atoms with Gasteiger partial charge in [-0.25, -0.2) is 0 Å². The SMILES string of the molecule is C[C@H](NC[C@H](c1ccccc1)c1c[nH]c2ccccc12)C(=O)N1CC(=O)Nc2ccccc21. The molecule has 5 rings (SSSR count). The molecule has 6 heteroatoms. The molecule has 0 fully saturated rings. The molecule has 166 valence electrons. The van der Waals surface area contributed by atoms with Gasteiger partial charge in [-0.2, -0.15) is 0 Å². The monoisotopic (exact) mass is 438 g/mol. The topological polar surface area (TPSA) is 77.2 Å². The van der Waals surface area contributed by atoms with Crippen molar-refractivity contribution in [3.63, 3.8) is 0 Å². The van der Waals surface area contributed by atoms with Crippen molar-refractivity contribution in [3.05, 3.63) is 96.2 Å². The lowest BCUT2D eigenvalue weighted by molar-refractivity contribution is -0.123. The van der Waals surface area contributed by atoms with Gasteiger partial charge < -0.3 is 15.6 Å². The maximum atomic E-state index is 13.3. The van der Waals surface area contributed by atoms with E-state index in [1.807, 2.05) is 61.5 Å². The molecule has 2 atom stereocenters. The van der Waals surface area contributed by atoms with Crippen LogP contribution in [-0.2, 0) is 9.59 Å². The van der Waals surface area contributed by atoms with E-state index in [4.69, 9.17) is 0 Å². The van der Waals surface area contributed by atoms with Crippen LogP contribution in [0, 0.1) is 0 Å². The summed E-state index contributed by atoms with van der Waals surface area (Å²) in [7, 11) is 0. The average Bonchev–Trinajstić information content (AvgIpc) is 3.28. The van der Waals surface area contributed by atoms with E-state index in [9.17, 15) is 9.59 Å². The third kappa shape index (κ3) is 4.13. The number of para-hydroxylation sites is 3. The molecular weight excluding hydrogens is 412 g/mol. The zero-order valence-corrected chi connectivity index (χ0v) is 18.4. The van der Waals surface area contributed by atoms with Gasteiger partial charge >= 0.3 is 0 Å². The van der Waals surface area contributed by atoms with Crippen LogP contribution in [0.4, 0.5) is 11.4 Å². The Labute approximate surface area is 192 Å². The van der Waals surface area contributed by atoms with Gasteiger partial charge in [0.25, 0.3) is 0 Å². The summed E-state index contributed by atoms with van der Waals surface area (Å²) in [5.41, 5.74) is 4.85. The van der Waals surface area contributed by atoms with E-state index < -0.39 is 6.04 Å².